The monoisotopic (exact) mass is 304 g/mol. The number of hydrogen-bond acceptors (Lipinski definition) is 3. The predicted octanol–water partition coefficient (Wildman–Crippen LogP) is 2.49. The maximum Gasteiger partial charge on any atom is 0.241 e. The Hall–Kier alpha value is -1.69. The fraction of sp³-hybridized carbons (Fsp3) is 0.250. The molecule has 0 aliphatic heterocycles. The highest BCUT2D eigenvalue weighted by Gasteiger charge is 2.20. The van der Waals surface area contributed by atoms with E-state index in [1.807, 2.05) is 43.3 Å². The van der Waals surface area contributed by atoms with Crippen LogP contribution in [-0.2, 0) is 16.6 Å². The van der Waals surface area contributed by atoms with Crippen LogP contribution in [0.4, 0.5) is 0 Å². The molecule has 1 atom stereocenters. The van der Waals surface area contributed by atoms with Crippen LogP contribution in [0.15, 0.2) is 53.4 Å². The van der Waals surface area contributed by atoms with Crippen molar-refractivity contribution in [3.63, 3.8) is 0 Å². The first-order chi connectivity index (χ1) is 9.94. The van der Waals surface area contributed by atoms with Gasteiger partial charge in [0.25, 0.3) is 0 Å². The molecule has 0 radical (unpaired) electrons. The van der Waals surface area contributed by atoms with E-state index in [1.165, 1.54) is 0 Å². The van der Waals surface area contributed by atoms with E-state index >= 15 is 0 Å². The van der Waals surface area contributed by atoms with E-state index < -0.39 is 10.0 Å². The van der Waals surface area contributed by atoms with Crippen LogP contribution in [0, 0.1) is 6.92 Å². The lowest BCUT2D eigenvalue weighted by molar-refractivity contribution is 0.566. The van der Waals surface area contributed by atoms with Crippen molar-refractivity contribution in [2.45, 2.75) is 31.3 Å². The summed E-state index contributed by atoms with van der Waals surface area (Å²) in [7, 11) is -3.55. The van der Waals surface area contributed by atoms with Crippen molar-refractivity contribution in [2.75, 3.05) is 0 Å². The zero-order valence-electron chi connectivity index (χ0n) is 12.2. The zero-order chi connectivity index (χ0) is 15.5. The molecule has 112 valence electrons. The highest BCUT2D eigenvalue weighted by molar-refractivity contribution is 7.89. The first-order valence-corrected chi connectivity index (χ1v) is 8.29. The normalized spacial score (nSPS) is 13.1. The molecule has 0 heterocycles. The maximum absolute atomic E-state index is 12.5. The molecule has 4 nitrogen and oxygen atoms in total. The van der Waals surface area contributed by atoms with Gasteiger partial charge in [-0.25, -0.2) is 13.1 Å². The lowest BCUT2D eigenvalue weighted by atomic mass is 10.1. The number of nitrogens with two attached hydrogens (primary N) is 1. The Kier molecular flexibility index (Phi) is 4.77. The van der Waals surface area contributed by atoms with E-state index in [1.54, 1.807) is 19.1 Å². The van der Waals surface area contributed by atoms with Crippen molar-refractivity contribution in [2.24, 2.45) is 5.73 Å². The van der Waals surface area contributed by atoms with E-state index in [0.29, 0.717) is 17.0 Å². The number of hydrogen-bond donors (Lipinski definition) is 2. The molecule has 21 heavy (non-hydrogen) atoms. The second-order valence-electron chi connectivity index (χ2n) is 5.06. The van der Waals surface area contributed by atoms with Crippen LogP contribution >= 0.6 is 0 Å². The third-order valence-electron chi connectivity index (χ3n) is 3.40. The van der Waals surface area contributed by atoms with E-state index in [9.17, 15) is 8.42 Å². The summed E-state index contributed by atoms with van der Waals surface area (Å²) in [5.74, 6) is 0. The Morgan fingerprint density at radius 1 is 1.14 bits per heavy atom. The molecular weight excluding hydrogens is 284 g/mol. The van der Waals surface area contributed by atoms with Crippen molar-refractivity contribution in [3.8, 4) is 0 Å². The third-order valence-corrected chi connectivity index (χ3v) is 5.10. The van der Waals surface area contributed by atoms with Crippen molar-refractivity contribution in [1.29, 1.82) is 0 Å². The van der Waals surface area contributed by atoms with Gasteiger partial charge in [0.05, 0.1) is 4.90 Å². The molecule has 0 aliphatic carbocycles. The van der Waals surface area contributed by atoms with E-state index in [4.69, 9.17) is 5.73 Å². The summed E-state index contributed by atoms with van der Waals surface area (Å²) < 4.78 is 27.7. The van der Waals surface area contributed by atoms with Crippen LogP contribution in [0.5, 0.6) is 0 Å². The van der Waals surface area contributed by atoms with Gasteiger partial charge in [-0.15, -0.1) is 0 Å². The molecule has 0 aliphatic rings. The molecular formula is C16H20N2O2S. The van der Waals surface area contributed by atoms with Gasteiger partial charge >= 0.3 is 0 Å². The summed E-state index contributed by atoms with van der Waals surface area (Å²) >= 11 is 0. The van der Waals surface area contributed by atoms with Crippen molar-refractivity contribution < 1.29 is 8.42 Å². The van der Waals surface area contributed by atoms with Gasteiger partial charge in [-0.3, -0.25) is 0 Å². The van der Waals surface area contributed by atoms with Gasteiger partial charge in [0.15, 0.2) is 0 Å². The second-order valence-corrected chi connectivity index (χ2v) is 6.74. The summed E-state index contributed by atoms with van der Waals surface area (Å²) in [5.41, 5.74) is 8.12. The van der Waals surface area contributed by atoms with Gasteiger partial charge in [-0.2, -0.15) is 0 Å². The Balaban J connectivity index is 2.26. The molecule has 2 rings (SSSR count). The summed E-state index contributed by atoms with van der Waals surface area (Å²) in [6.07, 6.45) is 0. The number of sulfonamides is 1. The topological polar surface area (TPSA) is 72.2 Å². The first kappa shape index (κ1) is 15.7. The number of rotatable bonds is 5. The van der Waals surface area contributed by atoms with Gasteiger partial charge in [-0.05, 0) is 36.6 Å². The summed E-state index contributed by atoms with van der Waals surface area (Å²) in [5, 5.41) is 0. The van der Waals surface area contributed by atoms with Crippen LogP contribution in [0.2, 0.25) is 0 Å². The molecule has 5 heteroatoms. The van der Waals surface area contributed by atoms with Crippen LogP contribution in [0.1, 0.15) is 29.7 Å². The smallest absolute Gasteiger partial charge is 0.241 e. The number of benzene rings is 2. The second kappa shape index (κ2) is 6.39. The average Bonchev–Trinajstić information content (AvgIpc) is 2.47. The third kappa shape index (κ3) is 3.69. The Labute approximate surface area is 126 Å². The summed E-state index contributed by atoms with van der Waals surface area (Å²) in [6, 6.07) is 14.4. The minimum Gasteiger partial charge on any atom is -0.326 e. The van der Waals surface area contributed by atoms with Crippen LogP contribution in [-0.4, -0.2) is 8.42 Å². The van der Waals surface area contributed by atoms with Gasteiger partial charge < -0.3 is 5.73 Å². The predicted molar refractivity (Wildman–Crippen MR) is 84.2 cm³/mol. The number of nitrogens with one attached hydrogen (secondary N) is 1. The average molecular weight is 304 g/mol. The van der Waals surface area contributed by atoms with Gasteiger partial charge in [-0.1, -0.05) is 42.5 Å². The molecule has 0 aromatic heterocycles. The van der Waals surface area contributed by atoms with Crippen molar-refractivity contribution in [1.82, 2.24) is 4.72 Å². The highest BCUT2D eigenvalue weighted by Crippen LogP contribution is 2.20. The van der Waals surface area contributed by atoms with E-state index in [0.717, 1.165) is 11.1 Å². The lowest BCUT2D eigenvalue weighted by Crippen LogP contribution is -2.27. The van der Waals surface area contributed by atoms with Crippen LogP contribution in [0.3, 0.4) is 0 Å². The fourth-order valence-corrected chi connectivity index (χ4v) is 3.70. The van der Waals surface area contributed by atoms with Gasteiger partial charge in [0.1, 0.15) is 0 Å². The highest BCUT2D eigenvalue weighted by atomic mass is 32.2. The van der Waals surface area contributed by atoms with Gasteiger partial charge in [0.2, 0.25) is 10.0 Å². The Morgan fingerprint density at radius 2 is 1.81 bits per heavy atom. The molecule has 0 spiro atoms. The Morgan fingerprint density at radius 3 is 2.38 bits per heavy atom. The molecule has 0 amide bonds. The van der Waals surface area contributed by atoms with E-state index in [2.05, 4.69) is 4.72 Å². The van der Waals surface area contributed by atoms with E-state index in [-0.39, 0.29) is 6.04 Å². The molecule has 0 bridgehead atoms. The first-order valence-electron chi connectivity index (χ1n) is 6.81. The molecule has 2 aromatic rings. The minimum atomic E-state index is -3.55. The Bertz CT molecular complexity index is 712. The molecule has 1 unspecified atom stereocenters. The minimum absolute atomic E-state index is 0.287. The number of aryl methyl sites for hydroxylation is 1. The zero-order valence-corrected chi connectivity index (χ0v) is 13.0. The van der Waals surface area contributed by atoms with Crippen LogP contribution < -0.4 is 10.5 Å². The SMILES string of the molecule is Cc1cc(CN)ccc1S(=O)(=O)NC(C)c1ccccc1. The largest absolute Gasteiger partial charge is 0.326 e. The summed E-state index contributed by atoms with van der Waals surface area (Å²) in [4.78, 5) is 0.294. The fourth-order valence-electron chi connectivity index (χ4n) is 2.25. The van der Waals surface area contributed by atoms with Gasteiger partial charge in [0, 0.05) is 12.6 Å². The molecule has 2 aromatic carbocycles. The lowest BCUT2D eigenvalue weighted by Gasteiger charge is -2.16. The molecule has 0 saturated heterocycles. The van der Waals surface area contributed by atoms with Crippen molar-refractivity contribution in [3.05, 3.63) is 65.2 Å². The van der Waals surface area contributed by atoms with Crippen LogP contribution in [0.25, 0.3) is 0 Å². The molecule has 0 fully saturated rings. The van der Waals surface area contributed by atoms with Crippen molar-refractivity contribution >= 4 is 10.0 Å². The standard InChI is InChI=1S/C16H20N2O2S/c1-12-10-14(11-17)8-9-16(12)21(19,20)18-13(2)15-6-4-3-5-7-15/h3-10,13,18H,11,17H2,1-2H3. The summed E-state index contributed by atoms with van der Waals surface area (Å²) in [6.45, 7) is 4.01. The molecule has 3 N–H and O–H groups in total. The quantitative estimate of drug-likeness (QED) is 0.891. The molecule has 0 saturated carbocycles. The maximum atomic E-state index is 12.5.